The molecule has 0 saturated heterocycles. The zero-order valence-corrected chi connectivity index (χ0v) is 6.24. The van der Waals surface area contributed by atoms with Gasteiger partial charge in [-0.1, -0.05) is 5.92 Å². The molecule has 0 atom stereocenters. The maximum Gasteiger partial charge on any atom is 0.248 e. The Morgan fingerprint density at radius 2 is 1.82 bits per heavy atom. The van der Waals surface area contributed by atoms with E-state index in [1.807, 2.05) is 0 Å². The van der Waals surface area contributed by atoms with Crippen molar-refractivity contribution in [1.82, 2.24) is 0 Å². The molecule has 0 nitrogen and oxygen atoms in total. The molecule has 2 aliphatic rings. The minimum Gasteiger partial charge on any atom is -0.207 e. The molecule has 0 spiro atoms. The average molecular weight is 156 g/mol. The molecule has 0 aromatic heterocycles. The van der Waals surface area contributed by atoms with Crippen LogP contribution in [-0.2, 0) is 0 Å². The molecular formula is C9H10F2. The summed E-state index contributed by atoms with van der Waals surface area (Å²) < 4.78 is 24.8. The van der Waals surface area contributed by atoms with Gasteiger partial charge in [-0.25, -0.2) is 8.78 Å². The largest absolute Gasteiger partial charge is 0.248 e. The standard InChI is InChI=1S/C9H10F2/c1-2-8(3-4-8)7-5-9(10,11)6-7/h1,7H,3-6H2. The lowest BCUT2D eigenvalue weighted by atomic mass is 9.71. The van der Waals surface area contributed by atoms with Gasteiger partial charge in [-0.3, -0.25) is 0 Å². The Hall–Kier alpha value is -0.580. The lowest BCUT2D eigenvalue weighted by Crippen LogP contribution is -2.40. The van der Waals surface area contributed by atoms with Crippen LogP contribution in [0.1, 0.15) is 25.7 Å². The smallest absolute Gasteiger partial charge is 0.207 e. The summed E-state index contributed by atoms with van der Waals surface area (Å²) in [5.41, 5.74) is -0.109. The van der Waals surface area contributed by atoms with Crippen LogP contribution in [0.15, 0.2) is 0 Å². The first-order valence-corrected chi connectivity index (χ1v) is 3.94. The second-order valence-electron chi connectivity index (χ2n) is 3.76. The van der Waals surface area contributed by atoms with E-state index in [2.05, 4.69) is 5.92 Å². The van der Waals surface area contributed by atoms with Crippen LogP contribution in [0, 0.1) is 23.7 Å². The van der Waals surface area contributed by atoms with Crippen LogP contribution in [0.5, 0.6) is 0 Å². The molecule has 0 radical (unpaired) electrons. The van der Waals surface area contributed by atoms with Crippen LogP contribution in [0.4, 0.5) is 8.78 Å². The second kappa shape index (κ2) is 1.77. The maximum atomic E-state index is 12.4. The van der Waals surface area contributed by atoms with Crippen molar-refractivity contribution in [2.75, 3.05) is 0 Å². The Bertz CT molecular complexity index is 212. The molecule has 0 amide bonds. The molecule has 0 N–H and O–H groups in total. The summed E-state index contributed by atoms with van der Waals surface area (Å²) in [6, 6.07) is 0. The van der Waals surface area contributed by atoms with E-state index >= 15 is 0 Å². The summed E-state index contributed by atoms with van der Waals surface area (Å²) in [7, 11) is 0. The maximum absolute atomic E-state index is 12.4. The Balaban J connectivity index is 1.98. The van der Waals surface area contributed by atoms with Gasteiger partial charge in [0.25, 0.3) is 0 Å². The van der Waals surface area contributed by atoms with Crippen molar-refractivity contribution in [2.24, 2.45) is 11.3 Å². The van der Waals surface area contributed by atoms with Crippen LogP contribution < -0.4 is 0 Å². The third-order valence-corrected chi connectivity index (χ3v) is 2.95. The molecule has 0 aromatic rings. The molecule has 0 unspecified atom stereocenters. The molecule has 2 heteroatoms. The summed E-state index contributed by atoms with van der Waals surface area (Å²) in [6.45, 7) is 0. The predicted molar refractivity (Wildman–Crippen MR) is 38.2 cm³/mol. The monoisotopic (exact) mass is 156 g/mol. The van der Waals surface area contributed by atoms with Crippen LogP contribution in [-0.4, -0.2) is 5.92 Å². The molecule has 2 saturated carbocycles. The topological polar surface area (TPSA) is 0 Å². The fraction of sp³-hybridized carbons (Fsp3) is 0.778. The highest BCUT2D eigenvalue weighted by atomic mass is 19.3. The molecule has 0 bridgehead atoms. The molecule has 60 valence electrons. The summed E-state index contributed by atoms with van der Waals surface area (Å²) in [4.78, 5) is 0. The first-order chi connectivity index (χ1) is 5.08. The molecular weight excluding hydrogens is 146 g/mol. The molecule has 2 aliphatic carbocycles. The highest BCUT2D eigenvalue weighted by Crippen LogP contribution is 2.61. The van der Waals surface area contributed by atoms with E-state index in [1.54, 1.807) is 0 Å². The van der Waals surface area contributed by atoms with Crippen LogP contribution in [0.25, 0.3) is 0 Å². The highest BCUT2D eigenvalue weighted by molar-refractivity contribution is 5.20. The number of hydrogen-bond acceptors (Lipinski definition) is 0. The molecule has 0 aliphatic heterocycles. The van der Waals surface area contributed by atoms with E-state index in [1.165, 1.54) is 0 Å². The van der Waals surface area contributed by atoms with Crippen molar-refractivity contribution < 1.29 is 8.78 Å². The van der Waals surface area contributed by atoms with E-state index in [0.717, 1.165) is 12.8 Å². The van der Waals surface area contributed by atoms with Gasteiger partial charge >= 0.3 is 0 Å². The van der Waals surface area contributed by atoms with E-state index in [-0.39, 0.29) is 24.2 Å². The fourth-order valence-corrected chi connectivity index (χ4v) is 1.86. The third kappa shape index (κ3) is 0.946. The zero-order valence-electron chi connectivity index (χ0n) is 6.24. The fourth-order valence-electron chi connectivity index (χ4n) is 1.86. The summed E-state index contributed by atoms with van der Waals surface area (Å²) >= 11 is 0. The Morgan fingerprint density at radius 1 is 1.27 bits per heavy atom. The van der Waals surface area contributed by atoms with Gasteiger partial charge in [-0.2, -0.15) is 0 Å². The van der Waals surface area contributed by atoms with Gasteiger partial charge < -0.3 is 0 Å². The summed E-state index contributed by atoms with van der Waals surface area (Å²) in [5.74, 6) is 0.367. The second-order valence-corrected chi connectivity index (χ2v) is 3.76. The van der Waals surface area contributed by atoms with Gasteiger partial charge in [-0.05, 0) is 18.8 Å². The molecule has 11 heavy (non-hydrogen) atoms. The zero-order chi connectivity index (χ0) is 8.11. The first-order valence-electron chi connectivity index (χ1n) is 3.94. The number of rotatable bonds is 1. The number of halogens is 2. The van der Waals surface area contributed by atoms with E-state index in [0.29, 0.717) is 0 Å². The van der Waals surface area contributed by atoms with Gasteiger partial charge in [0.2, 0.25) is 5.92 Å². The summed E-state index contributed by atoms with van der Waals surface area (Å²) in [5, 5.41) is 0. The van der Waals surface area contributed by atoms with E-state index in [9.17, 15) is 8.78 Å². The van der Waals surface area contributed by atoms with Crippen molar-refractivity contribution in [3.63, 3.8) is 0 Å². The van der Waals surface area contributed by atoms with Gasteiger partial charge in [-0.15, -0.1) is 6.42 Å². The van der Waals surface area contributed by atoms with Gasteiger partial charge in [0, 0.05) is 18.3 Å². The van der Waals surface area contributed by atoms with Gasteiger partial charge in [0.05, 0.1) is 0 Å². The highest BCUT2D eigenvalue weighted by Gasteiger charge is 2.59. The van der Waals surface area contributed by atoms with Crippen molar-refractivity contribution in [3.05, 3.63) is 0 Å². The van der Waals surface area contributed by atoms with Crippen molar-refractivity contribution >= 4 is 0 Å². The van der Waals surface area contributed by atoms with E-state index < -0.39 is 5.92 Å². The minimum atomic E-state index is -2.41. The molecule has 2 fully saturated rings. The molecule has 0 heterocycles. The Kier molecular flexibility index (Phi) is 1.14. The SMILES string of the molecule is C#CC1(C2CC(F)(F)C2)CC1. The quantitative estimate of drug-likeness (QED) is 0.511. The lowest BCUT2D eigenvalue weighted by molar-refractivity contribution is -0.123. The lowest BCUT2D eigenvalue weighted by Gasteiger charge is -2.38. The predicted octanol–water partition coefficient (Wildman–Crippen LogP) is 2.45. The minimum absolute atomic E-state index is 0.0250. The van der Waals surface area contributed by atoms with Crippen molar-refractivity contribution in [1.29, 1.82) is 0 Å². The van der Waals surface area contributed by atoms with Gasteiger partial charge in [0.15, 0.2) is 0 Å². The van der Waals surface area contributed by atoms with Crippen LogP contribution >= 0.6 is 0 Å². The Morgan fingerprint density at radius 3 is 2.09 bits per heavy atom. The third-order valence-electron chi connectivity index (χ3n) is 2.95. The number of terminal acetylenes is 1. The normalized spacial score (nSPS) is 32.1. The first kappa shape index (κ1) is 7.09. The van der Waals surface area contributed by atoms with Crippen molar-refractivity contribution in [2.45, 2.75) is 31.6 Å². The Labute approximate surface area is 65.0 Å². The molecule has 2 rings (SSSR count). The average Bonchev–Trinajstić information content (AvgIpc) is 2.62. The van der Waals surface area contributed by atoms with Crippen LogP contribution in [0.2, 0.25) is 0 Å². The summed E-state index contributed by atoms with van der Waals surface area (Å²) in [6.07, 6.45) is 7.25. The van der Waals surface area contributed by atoms with Crippen molar-refractivity contribution in [3.8, 4) is 12.3 Å². The molecule has 0 aromatic carbocycles. The van der Waals surface area contributed by atoms with Crippen LogP contribution in [0.3, 0.4) is 0 Å². The van der Waals surface area contributed by atoms with E-state index in [4.69, 9.17) is 6.42 Å². The number of alkyl halides is 2. The van der Waals surface area contributed by atoms with Gasteiger partial charge in [0.1, 0.15) is 0 Å². The number of hydrogen-bond donors (Lipinski definition) is 0.